The van der Waals surface area contributed by atoms with Crippen molar-refractivity contribution in [1.29, 1.82) is 0 Å². The monoisotopic (exact) mass is 278 g/mol. The summed E-state index contributed by atoms with van der Waals surface area (Å²) in [6.07, 6.45) is 0. The summed E-state index contributed by atoms with van der Waals surface area (Å²) in [4.78, 5) is 12.5. The lowest BCUT2D eigenvalue weighted by Gasteiger charge is -2.00. The molecule has 5 nitrogen and oxygen atoms in total. The van der Waals surface area contributed by atoms with Gasteiger partial charge in [0, 0.05) is 18.2 Å². The van der Waals surface area contributed by atoms with Crippen LogP contribution in [0.25, 0.3) is 11.1 Å². The first kappa shape index (κ1) is 13.3. The summed E-state index contributed by atoms with van der Waals surface area (Å²) < 4.78 is 0. The maximum Gasteiger partial charge on any atom is 0.194 e. The lowest BCUT2D eigenvalue weighted by Crippen LogP contribution is -1.94. The highest BCUT2D eigenvalue weighted by molar-refractivity contribution is 6.22. The molecule has 0 unspecified atom stereocenters. The zero-order valence-corrected chi connectivity index (χ0v) is 11.9. The van der Waals surface area contributed by atoms with Crippen molar-refractivity contribution in [2.24, 2.45) is 20.5 Å². The van der Waals surface area contributed by atoms with Crippen molar-refractivity contribution in [3.8, 4) is 11.1 Å². The molecule has 0 saturated carbocycles. The number of carbonyl (C=O) groups excluding carboxylic acids is 1. The SMILES string of the molecule is CCN=Nc1ccc2c(c1)C(=O)c1cc(N=NC)ccc1-2. The molecule has 2 aromatic rings. The van der Waals surface area contributed by atoms with Crippen LogP contribution in [0.5, 0.6) is 0 Å². The average molecular weight is 278 g/mol. The van der Waals surface area contributed by atoms with Gasteiger partial charge < -0.3 is 0 Å². The van der Waals surface area contributed by atoms with Gasteiger partial charge in [-0.2, -0.15) is 20.5 Å². The first-order valence-electron chi connectivity index (χ1n) is 6.75. The zero-order valence-electron chi connectivity index (χ0n) is 11.9. The van der Waals surface area contributed by atoms with Crippen molar-refractivity contribution in [3.63, 3.8) is 0 Å². The molecular weight excluding hydrogens is 264 g/mol. The molecule has 0 amide bonds. The quantitative estimate of drug-likeness (QED) is 0.639. The molecule has 0 aromatic heterocycles. The Morgan fingerprint density at radius 3 is 1.95 bits per heavy atom. The molecule has 0 fully saturated rings. The van der Waals surface area contributed by atoms with Crippen molar-refractivity contribution in [2.75, 3.05) is 13.6 Å². The normalized spacial score (nSPS) is 13.1. The largest absolute Gasteiger partial charge is 0.289 e. The van der Waals surface area contributed by atoms with Crippen LogP contribution in [0.3, 0.4) is 0 Å². The second-order valence-corrected chi connectivity index (χ2v) is 4.65. The molecule has 0 heterocycles. The highest BCUT2D eigenvalue weighted by atomic mass is 16.1. The fourth-order valence-electron chi connectivity index (χ4n) is 2.45. The highest BCUT2D eigenvalue weighted by Gasteiger charge is 2.27. The van der Waals surface area contributed by atoms with Crippen molar-refractivity contribution in [1.82, 2.24) is 0 Å². The Labute approximate surface area is 122 Å². The van der Waals surface area contributed by atoms with E-state index in [2.05, 4.69) is 20.5 Å². The van der Waals surface area contributed by atoms with Gasteiger partial charge in [0.15, 0.2) is 5.78 Å². The van der Waals surface area contributed by atoms with E-state index in [4.69, 9.17) is 0 Å². The standard InChI is InChI=1S/C16H14N4O/c1-3-18-20-11-5-7-13-12-6-4-10(19-17-2)8-14(12)16(21)15(13)9-11/h4-9H,3H2,1-2H3. The van der Waals surface area contributed by atoms with Crippen LogP contribution < -0.4 is 0 Å². The van der Waals surface area contributed by atoms with Crippen molar-refractivity contribution >= 4 is 17.2 Å². The van der Waals surface area contributed by atoms with Gasteiger partial charge in [-0.15, -0.1) is 0 Å². The molecule has 3 rings (SSSR count). The Kier molecular flexibility index (Phi) is 3.39. The Morgan fingerprint density at radius 1 is 0.857 bits per heavy atom. The van der Waals surface area contributed by atoms with Crippen LogP contribution in [-0.2, 0) is 0 Å². The van der Waals surface area contributed by atoms with Gasteiger partial charge in [-0.1, -0.05) is 12.1 Å². The zero-order chi connectivity index (χ0) is 14.8. The third-order valence-electron chi connectivity index (χ3n) is 3.33. The van der Waals surface area contributed by atoms with Crippen LogP contribution in [0.2, 0.25) is 0 Å². The summed E-state index contributed by atoms with van der Waals surface area (Å²) in [6.45, 7) is 2.54. The number of carbonyl (C=O) groups is 1. The summed E-state index contributed by atoms with van der Waals surface area (Å²) in [5.74, 6) is 0.00158. The third-order valence-corrected chi connectivity index (χ3v) is 3.33. The van der Waals surface area contributed by atoms with Crippen molar-refractivity contribution < 1.29 is 4.79 Å². The van der Waals surface area contributed by atoms with E-state index in [0.717, 1.165) is 11.1 Å². The Balaban J connectivity index is 2.09. The molecule has 104 valence electrons. The predicted octanol–water partition coefficient (Wildman–Crippen LogP) is 4.72. The molecule has 0 N–H and O–H groups in total. The summed E-state index contributed by atoms with van der Waals surface area (Å²) >= 11 is 0. The molecule has 21 heavy (non-hydrogen) atoms. The van der Waals surface area contributed by atoms with Gasteiger partial charge >= 0.3 is 0 Å². The van der Waals surface area contributed by atoms with Crippen molar-refractivity contribution in [3.05, 3.63) is 47.5 Å². The van der Waals surface area contributed by atoms with Gasteiger partial charge in [-0.3, -0.25) is 4.79 Å². The Bertz CT molecular complexity index is 778. The van der Waals surface area contributed by atoms with Gasteiger partial charge in [0.05, 0.1) is 17.9 Å². The van der Waals surface area contributed by atoms with Crippen LogP contribution in [0.4, 0.5) is 11.4 Å². The average Bonchev–Trinajstić information content (AvgIpc) is 2.78. The minimum Gasteiger partial charge on any atom is -0.289 e. The number of ketones is 1. The van der Waals surface area contributed by atoms with E-state index in [9.17, 15) is 4.79 Å². The topological polar surface area (TPSA) is 66.5 Å². The van der Waals surface area contributed by atoms with Gasteiger partial charge in [0.1, 0.15) is 0 Å². The van der Waals surface area contributed by atoms with Gasteiger partial charge in [-0.05, 0) is 42.3 Å². The van der Waals surface area contributed by atoms with E-state index in [-0.39, 0.29) is 5.78 Å². The maximum absolute atomic E-state index is 12.5. The summed E-state index contributed by atoms with van der Waals surface area (Å²) in [5, 5.41) is 15.8. The van der Waals surface area contributed by atoms with Crippen LogP contribution in [0.15, 0.2) is 56.9 Å². The number of benzene rings is 2. The molecule has 0 atom stereocenters. The van der Waals surface area contributed by atoms with E-state index >= 15 is 0 Å². The van der Waals surface area contributed by atoms with Gasteiger partial charge in [0.25, 0.3) is 0 Å². The second kappa shape index (κ2) is 5.36. The van der Waals surface area contributed by atoms with Crippen LogP contribution >= 0.6 is 0 Å². The molecule has 0 radical (unpaired) electrons. The fourth-order valence-corrected chi connectivity index (χ4v) is 2.45. The minimum atomic E-state index is 0.00158. The fraction of sp³-hybridized carbons (Fsp3) is 0.188. The van der Waals surface area contributed by atoms with E-state index < -0.39 is 0 Å². The first-order valence-corrected chi connectivity index (χ1v) is 6.75. The first-order chi connectivity index (χ1) is 10.2. The maximum atomic E-state index is 12.5. The number of fused-ring (bicyclic) bond motifs is 3. The van der Waals surface area contributed by atoms with Crippen LogP contribution in [0, 0.1) is 0 Å². The highest BCUT2D eigenvalue weighted by Crippen LogP contribution is 2.39. The number of rotatable bonds is 3. The number of nitrogens with zero attached hydrogens (tertiary/aromatic N) is 4. The predicted molar refractivity (Wildman–Crippen MR) is 80.8 cm³/mol. The molecule has 5 heteroatoms. The Morgan fingerprint density at radius 2 is 1.43 bits per heavy atom. The minimum absolute atomic E-state index is 0.00158. The van der Waals surface area contributed by atoms with Crippen LogP contribution in [-0.4, -0.2) is 19.4 Å². The van der Waals surface area contributed by atoms with E-state index in [1.165, 1.54) is 0 Å². The van der Waals surface area contributed by atoms with Crippen LogP contribution in [0.1, 0.15) is 22.8 Å². The number of hydrogen-bond donors (Lipinski definition) is 0. The second-order valence-electron chi connectivity index (χ2n) is 4.65. The molecule has 0 aliphatic heterocycles. The number of hydrogen-bond acceptors (Lipinski definition) is 5. The van der Waals surface area contributed by atoms with Gasteiger partial charge in [-0.25, -0.2) is 0 Å². The lowest BCUT2D eigenvalue weighted by molar-refractivity contribution is 0.104. The van der Waals surface area contributed by atoms with E-state index in [1.54, 1.807) is 19.2 Å². The van der Waals surface area contributed by atoms with E-state index in [0.29, 0.717) is 29.0 Å². The number of azo groups is 2. The molecule has 1 aliphatic rings. The Hall–Kier alpha value is -2.69. The molecule has 2 aromatic carbocycles. The lowest BCUT2D eigenvalue weighted by atomic mass is 10.1. The molecule has 0 saturated heterocycles. The van der Waals surface area contributed by atoms with E-state index in [1.807, 2.05) is 31.2 Å². The summed E-state index contributed by atoms with van der Waals surface area (Å²) in [5.41, 5.74) is 4.59. The smallest absolute Gasteiger partial charge is 0.194 e. The van der Waals surface area contributed by atoms with Gasteiger partial charge in [0.2, 0.25) is 0 Å². The van der Waals surface area contributed by atoms with Crippen molar-refractivity contribution in [2.45, 2.75) is 6.92 Å². The molecule has 0 spiro atoms. The third kappa shape index (κ3) is 2.27. The summed E-state index contributed by atoms with van der Waals surface area (Å²) in [7, 11) is 1.61. The summed E-state index contributed by atoms with van der Waals surface area (Å²) in [6, 6.07) is 11.1. The molecular formula is C16H14N4O. The molecule has 1 aliphatic carbocycles. The molecule has 0 bridgehead atoms.